The van der Waals surface area contributed by atoms with Gasteiger partial charge in [-0.1, -0.05) is 37.3 Å². The van der Waals surface area contributed by atoms with Gasteiger partial charge in [-0.05, 0) is 20.4 Å². The van der Waals surface area contributed by atoms with Crippen LogP contribution in [0, 0.1) is 6.92 Å². The summed E-state index contributed by atoms with van der Waals surface area (Å²) >= 11 is 0. The van der Waals surface area contributed by atoms with E-state index in [4.69, 9.17) is 24.8 Å². The highest BCUT2D eigenvalue weighted by atomic mass is 19.4. The van der Waals surface area contributed by atoms with Crippen molar-refractivity contribution in [1.82, 2.24) is 19.8 Å². The van der Waals surface area contributed by atoms with Crippen LogP contribution in [0.25, 0.3) is 11.4 Å². The second-order valence-corrected chi connectivity index (χ2v) is 7.91. The summed E-state index contributed by atoms with van der Waals surface area (Å²) in [6.07, 6.45) is -8.96. The minimum atomic E-state index is -5.08. The molecule has 0 aliphatic carbocycles. The molecule has 0 bridgehead atoms. The van der Waals surface area contributed by atoms with Crippen LogP contribution in [0.5, 0.6) is 0 Å². The van der Waals surface area contributed by atoms with Gasteiger partial charge in [0.05, 0.1) is 5.69 Å². The molecular weight excluding hydrogens is 498 g/mol. The Morgan fingerprint density at radius 2 is 1.53 bits per heavy atom. The van der Waals surface area contributed by atoms with Crippen molar-refractivity contribution in [2.75, 3.05) is 26.7 Å². The molecule has 202 valence electrons. The molecule has 1 unspecified atom stereocenters. The number of benzene rings is 1. The van der Waals surface area contributed by atoms with Crippen LogP contribution < -0.4 is 0 Å². The van der Waals surface area contributed by atoms with Crippen molar-refractivity contribution >= 4 is 11.9 Å². The number of hydrogen-bond donors (Lipinski definition) is 3. The maximum atomic E-state index is 10.6. The number of alkyl halides is 6. The summed E-state index contributed by atoms with van der Waals surface area (Å²) in [5, 5.41) is 14.2. The molecule has 1 fully saturated rings. The van der Waals surface area contributed by atoms with Gasteiger partial charge < -0.3 is 20.1 Å². The first-order chi connectivity index (χ1) is 16.6. The zero-order valence-corrected chi connectivity index (χ0v) is 19.8. The maximum absolute atomic E-state index is 10.6. The van der Waals surface area contributed by atoms with E-state index in [9.17, 15) is 26.3 Å². The molecule has 3 rings (SSSR count). The SMILES string of the molecule is CCC1CN(Cc2nc(-c3ccccc3)[nH]c2C)CCN1C.O=C(O)C(F)(F)F.O=C(O)C(F)(F)F. The van der Waals surface area contributed by atoms with Crippen molar-refractivity contribution in [3.05, 3.63) is 41.7 Å². The zero-order chi connectivity index (χ0) is 27.7. The minimum Gasteiger partial charge on any atom is -0.475 e. The molecule has 0 saturated carbocycles. The summed E-state index contributed by atoms with van der Waals surface area (Å²) in [5.41, 5.74) is 3.52. The Hall–Kier alpha value is -3.13. The highest BCUT2D eigenvalue weighted by molar-refractivity contribution is 5.73. The Morgan fingerprint density at radius 1 is 1.03 bits per heavy atom. The quantitative estimate of drug-likeness (QED) is 0.513. The molecule has 1 aromatic carbocycles. The van der Waals surface area contributed by atoms with Gasteiger partial charge in [0.1, 0.15) is 5.82 Å². The molecule has 2 heterocycles. The van der Waals surface area contributed by atoms with Crippen molar-refractivity contribution in [3.8, 4) is 11.4 Å². The number of imidazole rings is 1. The van der Waals surface area contributed by atoms with Crippen LogP contribution in [0.2, 0.25) is 0 Å². The summed E-state index contributed by atoms with van der Waals surface area (Å²) in [7, 11) is 2.23. The third kappa shape index (κ3) is 10.2. The predicted molar refractivity (Wildman–Crippen MR) is 118 cm³/mol. The molecule has 3 N–H and O–H groups in total. The van der Waals surface area contributed by atoms with Gasteiger partial charge in [-0.3, -0.25) is 4.90 Å². The topological polar surface area (TPSA) is 110 Å². The molecule has 1 aliphatic rings. The van der Waals surface area contributed by atoms with Crippen LogP contribution in [-0.4, -0.2) is 87.0 Å². The Labute approximate surface area is 203 Å². The number of H-pyrrole nitrogens is 1. The van der Waals surface area contributed by atoms with Crippen LogP contribution in [-0.2, 0) is 16.1 Å². The first-order valence-electron chi connectivity index (χ1n) is 10.7. The molecular formula is C22H28F6N4O4. The molecule has 0 spiro atoms. The Balaban J connectivity index is 0.000000383. The number of aliphatic carboxylic acids is 2. The molecule has 1 saturated heterocycles. The van der Waals surface area contributed by atoms with E-state index in [0.717, 1.165) is 37.6 Å². The molecule has 1 aromatic heterocycles. The number of aryl methyl sites for hydroxylation is 1. The number of aromatic amines is 1. The molecule has 8 nitrogen and oxygen atoms in total. The van der Waals surface area contributed by atoms with Gasteiger partial charge in [0.2, 0.25) is 0 Å². The van der Waals surface area contributed by atoms with Gasteiger partial charge in [-0.25, -0.2) is 14.6 Å². The first-order valence-corrected chi connectivity index (χ1v) is 10.7. The van der Waals surface area contributed by atoms with E-state index in [1.165, 1.54) is 17.8 Å². The lowest BCUT2D eigenvalue weighted by molar-refractivity contribution is -0.193. The van der Waals surface area contributed by atoms with Crippen LogP contribution in [0.3, 0.4) is 0 Å². The second-order valence-electron chi connectivity index (χ2n) is 7.91. The fraction of sp³-hybridized carbons (Fsp3) is 0.500. The summed E-state index contributed by atoms with van der Waals surface area (Å²) in [6.45, 7) is 8.76. The van der Waals surface area contributed by atoms with Crippen LogP contribution >= 0.6 is 0 Å². The van der Waals surface area contributed by atoms with Crippen LogP contribution in [0.4, 0.5) is 26.3 Å². The third-order valence-electron chi connectivity index (χ3n) is 5.22. The van der Waals surface area contributed by atoms with Crippen LogP contribution in [0.1, 0.15) is 24.7 Å². The lowest BCUT2D eigenvalue weighted by Crippen LogP contribution is -2.50. The van der Waals surface area contributed by atoms with E-state index in [1.807, 2.05) is 6.07 Å². The lowest BCUT2D eigenvalue weighted by atomic mass is 10.1. The summed E-state index contributed by atoms with van der Waals surface area (Å²) < 4.78 is 63.5. The minimum absolute atomic E-state index is 0.668. The van der Waals surface area contributed by atoms with Crippen molar-refractivity contribution in [2.45, 2.75) is 45.2 Å². The van der Waals surface area contributed by atoms with Gasteiger partial charge in [-0.2, -0.15) is 26.3 Å². The Bertz CT molecular complexity index is 955. The van der Waals surface area contributed by atoms with Gasteiger partial charge >= 0.3 is 24.3 Å². The number of aromatic nitrogens is 2. The number of rotatable bonds is 4. The van der Waals surface area contributed by atoms with E-state index >= 15 is 0 Å². The number of carboxylic acid groups (broad SMARTS) is 2. The number of nitrogens with one attached hydrogen (secondary N) is 1. The number of carbonyl (C=O) groups is 2. The number of halogens is 6. The molecule has 36 heavy (non-hydrogen) atoms. The van der Waals surface area contributed by atoms with Gasteiger partial charge in [-0.15, -0.1) is 0 Å². The van der Waals surface area contributed by atoms with Gasteiger partial charge in [0.15, 0.2) is 0 Å². The van der Waals surface area contributed by atoms with E-state index in [1.54, 1.807) is 0 Å². The van der Waals surface area contributed by atoms with Gasteiger partial charge in [0.25, 0.3) is 0 Å². The number of piperazine rings is 1. The van der Waals surface area contributed by atoms with Gasteiger partial charge in [0, 0.05) is 43.5 Å². The smallest absolute Gasteiger partial charge is 0.475 e. The maximum Gasteiger partial charge on any atom is 0.490 e. The molecule has 0 radical (unpaired) electrons. The first kappa shape index (κ1) is 30.9. The summed E-state index contributed by atoms with van der Waals surface area (Å²) in [4.78, 5) is 31.1. The number of nitrogens with zero attached hydrogens (tertiary/aromatic N) is 3. The summed E-state index contributed by atoms with van der Waals surface area (Å²) in [6, 6.07) is 11.0. The lowest BCUT2D eigenvalue weighted by Gasteiger charge is -2.38. The van der Waals surface area contributed by atoms with Crippen LogP contribution in [0.15, 0.2) is 30.3 Å². The van der Waals surface area contributed by atoms with E-state index < -0.39 is 24.3 Å². The van der Waals surface area contributed by atoms with Crippen molar-refractivity contribution < 1.29 is 46.1 Å². The number of hydrogen-bond acceptors (Lipinski definition) is 5. The average molecular weight is 526 g/mol. The molecule has 14 heteroatoms. The fourth-order valence-electron chi connectivity index (χ4n) is 3.19. The molecule has 2 aromatic rings. The highest BCUT2D eigenvalue weighted by Crippen LogP contribution is 2.20. The van der Waals surface area contributed by atoms with Crippen molar-refractivity contribution in [1.29, 1.82) is 0 Å². The zero-order valence-electron chi connectivity index (χ0n) is 19.8. The molecule has 1 atom stereocenters. The predicted octanol–water partition coefficient (Wildman–Crippen LogP) is 4.18. The van der Waals surface area contributed by atoms with E-state index in [2.05, 4.69) is 59.9 Å². The largest absolute Gasteiger partial charge is 0.490 e. The van der Waals surface area contributed by atoms with Crippen molar-refractivity contribution in [3.63, 3.8) is 0 Å². The normalized spacial score (nSPS) is 16.9. The highest BCUT2D eigenvalue weighted by Gasteiger charge is 2.38. The average Bonchev–Trinajstić information content (AvgIpc) is 3.15. The van der Waals surface area contributed by atoms with E-state index in [-0.39, 0.29) is 0 Å². The molecule has 1 aliphatic heterocycles. The number of carboxylic acids is 2. The standard InChI is InChI=1S/C18H26N4.2C2HF3O2/c1-4-16-12-22(11-10-21(16)3)13-17-14(2)19-18(20-17)15-8-6-5-7-9-15;2*3-2(4,5)1(6)7/h5-9,16H,4,10-13H2,1-3H3,(H,19,20);2*(H,6,7). The Kier molecular flexibility index (Phi) is 11.4. The second kappa shape index (κ2) is 13.3. The summed E-state index contributed by atoms with van der Waals surface area (Å²) in [5.74, 6) is -4.53. The Morgan fingerprint density at radius 3 is 1.97 bits per heavy atom. The number of likely N-dealkylation sites (N-methyl/N-ethyl adjacent to an activating group) is 1. The van der Waals surface area contributed by atoms with E-state index in [0.29, 0.717) is 6.04 Å². The fourth-order valence-corrected chi connectivity index (χ4v) is 3.19. The molecule has 0 amide bonds. The monoisotopic (exact) mass is 526 g/mol. The third-order valence-corrected chi connectivity index (χ3v) is 5.22. The van der Waals surface area contributed by atoms with Crippen molar-refractivity contribution in [2.24, 2.45) is 0 Å².